The predicted octanol–water partition coefficient (Wildman–Crippen LogP) is 2.56. The fraction of sp³-hybridized carbons (Fsp3) is 0.607. The number of hydrogen-bond donors (Lipinski definition) is 2. The lowest BCUT2D eigenvalue weighted by Gasteiger charge is -2.65. The summed E-state index contributed by atoms with van der Waals surface area (Å²) < 4.78 is 24.1. The summed E-state index contributed by atoms with van der Waals surface area (Å²) in [6.07, 6.45) is -1.61. The van der Waals surface area contributed by atoms with Gasteiger partial charge in [0, 0.05) is 32.3 Å². The monoisotopic (exact) mass is 516 g/mol. The van der Waals surface area contributed by atoms with E-state index in [9.17, 15) is 24.6 Å². The van der Waals surface area contributed by atoms with Crippen molar-refractivity contribution >= 4 is 24.0 Å². The average molecular weight is 517 g/mol. The molecule has 1 aromatic rings. The molecule has 3 aliphatic rings. The van der Waals surface area contributed by atoms with Gasteiger partial charge >= 0.3 is 17.9 Å². The van der Waals surface area contributed by atoms with E-state index in [1.54, 1.807) is 13.0 Å². The zero-order valence-corrected chi connectivity index (χ0v) is 22.1. The molecule has 37 heavy (non-hydrogen) atoms. The molecule has 3 fully saturated rings. The Bertz CT molecular complexity index is 1090. The van der Waals surface area contributed by atoms with E-state index in [2.05, 4.69) is 0 Å². The molecule has 2 aliphatic carbocycles. The number of rotatable bonds is 5. The Morgan fingerprint density at radius 1 is 0.973 bits per heavy atom. The van der Waals surface area contributed by atoms with Crippen molar-refractivity contribution in [1.82, 2.24) is 0 Å². The van der Waals surface area contributed by atoms with Crippen LogP contribution in [0.4, 0.5) is 0 Å². The van der Waals surface area contributed by atoms with Gasteiger partial charge in [0.1, 0.15) is 23.9 Å². The van der Waals surface area contributed by atoms with Crippen molar-refractivity contribution in [2.24, 2.45) is 11.3 Å². The molecule has 1 saturated heterocycles. The predicted molar refractivity (Wildman–Crippen MR) is 132 cm³/mol. The highest BCUT2D eigenvalue weighted by molar-refractivity contribution is 5.87. The van der Waals surface area contributed by atoms with Crippen LogP contribution in [0, 0.1) is 11.3 Å². The zero-order valence-electron chi connectivity index (χ0n) is 22.1. The Labute approximate surface area is 216 Å². The normalized spacial score (nSPS) is 40.1. The molecule has 0 aromatic heterocycles. The Kier molecular flexibility index (Phi) is 6.80. The Hall–Kier alpha value is -2.75. The van der Waals surface area contributed by atoms with Crippen LogP contribution in [0.15, 0.2) is 36.4 Å². The fourth-order valence-corrected chi connectivity index (χ4v) is 7.00. The Morgan fingerprint density at radius 2 is 1.59 bits per heavy atom. The lowest BCUT2D eigenvalue weighted by molar-refractivity contribution is -0.344. The fourth-order valence-electron chi connectivity index (χ4n) is 7.00. The third-order valence-corrected chi connectivity index (χ3v) is 8.42. The number of esters is 3. The molecule has 2 N–H and O–H groups in total. The molecule has 9 nitrogen and oxygen atoms in total. The third kappa shape index (κ3) is 4.27. The van der Waals surface area contributed by atoms with Gasteiger partial charge in [-0.1, -0.05) is 30.3 Å². The van der Waals surface area contributed by atoms with E-state index in [1.165, 1.54) is 26.8 Å². The summed E-state index contributed by atoms with van der Waals surface area (Å²) in [5, 5.41) is 23.1. The van der Waals surface area contributed by atoms with Crippen LogP contribution >= 0.6 is 0 Å². The number of benzene rings is 1. The van der Waals surface area contributed by atoms with Crippen LogP contribution in [0.1, 0.15) is 59.9 Å². The number of ether oxygens (including phenoxy) is 4. The summed E-state index contributed by atoms with van der Waals surface area (Å²) in [6, 6.07) is 9.17. The highest BCUT2D eigenvalue weighted by atomic mass is 16.6. The Morgan fingerprint density at radius 3 is 2.19 bits per heavy atom. The van der Waals surface area contributed by atoms with Crippen molar-refractivity contribution in [3.8, 4) is 0 Å². The minimum atomic E-state index is -1.74. The van der Waals surface area contributed by atoms with Gasteiger partial charge in [0.2, 0.25) is 0 Å². The number of hydrogen-bond acceptors (Lipinski definition) is 9. The second-order valence-electron chi connectivity index (χ2n) is 11.3. The van der Waals surface area contributed by atoms with Gasteiger partial charge in [-0.05, 0) is 45.8 Å². The first kappa shape index (κ1) is 27.3. The minimum Gasteiger partial charge on any atom is -0.462 e. The first-order valence-electron chi connectivity index (χ1n) is 12.5. The van der Waals surface area contributed by atoms with Crippen molar-refractivity contribution in [2.75, 3.05) is 0 Å². The quantitative estimate of drug-likeness (QED) is 0.345. The van der Waals surface area contributed by atoms with Crippen molar-refractivity contribution in [3.63, 3.8) is 0 Å². The second-order valence-corrected chi connectivity index (χ2v) is 11.3. The van der Waals surface area contributed by atoms with E-state index in [-0.39, 0.29) is 12.8 Å². The van der Waals surface area contributed by atoms with E-state index in [4.69, 9.17) is 18.9 Å². The molecule has 2 bridgehead atoms. The van der Waals surface area contributed by atoms with Crippen LogP contribution in [0.25, 0.3) is 6.08 Å². The van der Waals surface area contributed by atoms with Crippen molar-refractivity contribution in [2.45, 2.75) is 95.6 Å². The van der Waals surface area contributed by atoms with E-state index < -0.39 is 70.5 Å². The van der Waals surface area contributed by atoms with Crippen LogP contribution < -0.4 is 0 Å². The van der Waals surface area contributed by atoms with Crippen molar-refractivity contribution in [1.29, 1.82) is 0 Å². The van der Waals surface area contributed by atoms with Crippen molar-refractivity contribution in [3.05, 3.63) is 42.0 Å². The zero-order chi connectivity index (χ0) is 27.4. The first-order chi connectivity index (χ1) is 17.2. The van der Waals surface area contributed by atoms with Crippen LogP contribution in [-0.4, -0.2) is 69.3 Å². The molecule has 1 spiro atoms. The topological polar surface area (TPSA) is 129 Å². The van der Waals surface area contributed by atoms with Gasteiger partial charge in [-0.2, -0.15) is 0 Å². The summed E-state index contributed by atoms with van der Waals surface area (Å²) in [7, 11) is 0. The van der Waals surface area contributed by atoms with Crippen LogP contribution in [0.5, 0.6) is 0 Å². The van der Waals surface area contributed by atoms with E-state index >= 15 is 0 Å². The largest absolute Gasteiger partial charge is 0.462 e. The molecule has 1 aliphatic heterocycles. The summed E-state index contributed by atoms with van der Waals surface area (Å²) in [6.45, 7) is 9.35. The number of fused-ring (bicyclic) bond motifs is 1. The molecule has 0 amide bonds. The molecule has 202 valence electrons. The summed E-state index contributed by atoms with van der Waals surface area (Å²) in [4.78, 5) is 37.5. The van der Waals surface area contributed by atoms with E-state index in [0.717, 1.165) is 5.56 Å². The SMILES string of the molecule is CC(=O)OC1CC2C(OC(C)=O)C3(OC2(C)C)C(C)(O)CC(O)C(OC(=O)C=Cc2ccccc2)C13C. The first-order valence-corrected chi connectivity index (χ1v) is 12.5. The molecule has 1 heterocycles. The smallest absolute Gasteiger partial charge is 0.331 e. The van der Waals surface area contributed by atoms with Gasteiger partial charge in [0.25, 0.3) is 0 Å². The van der Waals surface area contributed by atoms with Gasteiger partial charge in [-0.25, -0.2) is 4.79 Å². The van der Waals surface area contributed by atoms with Crippen LogP contribution in [-0.2, 0) is 33.3 Å². The summed E-state index contributed by atoms with van der Waals surface area (Å²) in [5.74, 6) is -2.30. The van der Waals surface area contributed by atoms with Gasteiger partial charge in [-0.15, -0.1) is 0 Å². The number of carbonyl (C=O) groups excluding carboxylic acids is 3. The second kappa shape index (κ2) is 9.22. The molecule has 1 aromatic carbocycles. The molecule has 4 rings (SSSR count). The lowest BCUT2D eigenvalue weighted by atomic mass is 9.47. The molecular formula is C28H36O9. The summed E-state index contributed by atoms with van der Waals surface area (Å²) in [5.41, 5.74) is -5.01. The van der Waals surface area contributed by atoms with Crippen LogP contribution in [0.2, 0.25) is 0 Å². The molecule has 8 unspecified atom stereocenters. The van der Waals surface area contributed by atoms with Crippen LogP contribution in [0.3, 0.4) is 0 Å². The number of carbonyl (C=O) groups is 3. The standard InChI is InChI=1S/C28H36O9/c1-16(29)34-21-14-19-23(35-17(2)30)28(37-25(19,3)4)26(5,33)15-20(31)24(27(21,28)6)36-22(32)13-12-18-10-8-7-9-11-18/h7-13,19-21,23-24,31,33H,14-15H2,1-6H3. The highest BCUT2D eigenvalue weighted by Gasteiger charge is 2.83. The van der Waals surface area contributed by atoms with Gasteiger partial charge in [0.05, 0.1) is 22.7 Å². The van der Waals surface area contributed by atoms with Gasteiger partial charge in [-0.3, -0.25) is 9.59 Å². The molecule has 0 radical (unpaired) electrons. The minimum absolute atomic E-state index is 0.208. The summed E-state index contributed by atoms with van der Waals surface area (Å²) >= 11 is 0. The van der Waals surface area contributed by atoms with E-state index in [1.807, 2.05) is 44.2 Å². The van der Waals surface area contributed by atoms with Crippen molar-refractivity contribution < 1.29 is 43.5 Å². The maximum atomic E-state index is 13.0. The highest BCUT2D eigenvalue weighted by Crippen LogP contribution is 2.68. The van der Waals surface area contributed by atoms with E-state index in [0.29, 0.717) is 0 Å². The molecular weight excluding hydrogens is 480 g/mol. The molecule has 9 heteroatoms. The van der Waals surface area contributed by atoms with Gasteiger partial charge < -0.3 is 29.2 Å². The third-order valence-electron chi connectivity index (χ3n) is 8.42. The molecule has 2 saturated carbocycles. The average Bonchev–Trinajstić information content (AvgIpc) is 2.96. The molecule has 8 atom stereocenters. The maximum absolute atomic E-state index is 13.0. The Balaban J connectivity index is 1.83. The van der Waals surface area contributed by atoms with Gasteiger partial charge in [0.15, 0.2) is 0 Å². The number of aliphatic hydroxyl groups is 2. The maximum Gasteiger partial charge on any atom is 0.331 e. The lowest BCUT2D eigenvalue weighted by Crippen LogP contribution is -2.81. The number of aliphatic hydroxyl groups excluding tert-OH is 1.